The minimum atomic E-state index is -0.620. The SMILES string of the molecule is COc1ccc(NC(=O)CCC(=O)OCc2ccc(Br)cc2)c([N+](=O)[O-])c1. The van der Waals surface area contributed by atoms with Crippen LogP contribution in [0, 0.1) is 10.1 Å². The normalized spacial score (nSPS) is 10.1. The van der Waals surface area contributed by atoms with Crippen LogP contribution in [0.5, 0.6) is 5.75 Å². The van der Waals surface area contributed by atoms with Gasteiger partial charge in [0.1, 0.15) is 18.0 Å². The van der Waals surface area contributed by atoms with E-state index in [0.29, 0.717) is 5.75 Å². The molecule has 0 aromatic heterocycles. The Morgan fingerprint density at radius 3 is 2.48 bits per heavy atom. The van der Waals surface area contributed by atoms with E-state index < -0.39 is 16.8 Å². The summed E-state index contributed by atoms with van der Waals surface area (Å²) in [7, 11) is 1.39. The molecule has 0 aliphatic rings. The van der Waals surface area contributed by atoms with Crippen LogP contribution in [0.3, 0.4) is 0 Å². The molecule has 2 rings (SSSR count). The number of methoxy groups -OCH3 is 1. The zero-order valence-corrected chi connectivity index (χ0v) is 16.0. The molecule has 0 fully saturated rings. The molecular formula is C18H17BrN2O6. The van der Waals surface area contributed by atoms with Gasteiger partial charge in [0.15, 0.2) is 0 Å². The number of hydrogen-bond donors (Lipinski definition) is 1. The van der Waals surface area contributed by atoms with Gasteiger partial charge >= 0.3 is 5.97 Å². The van der Waals surface area contributed by atoms with Gasteiger partial charge in [0.25, 0.3) is 5.69 Å². The number of carbonyl (C=O) groups excluding carboxylic acids is 2. The molecule has 0 spiro atoms. The van der Waals surface area contributed by atoms with Gasteiger partial charge in [-0.3, -0.25) is 19.7 Å². The Morgan fingerprint density at radius 2 is 1.85 bits per heavy atom. The molecule has 27 heavy (non-hydrogen) atoms. The van der Waals surface area contributed by atoms with Crippen molar-refractivity contribution < 1.29 is 24.0 Å². The number of hydrogen-bond acceptors (Lipinski definition) is 6. The fourth-order valence-corrected chi connectivity index (χ4v) is 2.40. The van der Waals surface area contributed by atoms with E-state index in [9.17, 15) is 19.7 Å². The number of rotatable bonds is 8. The summed E-state index contributed by atoms with van der Waals surface area (Å²) in [6.45, 7) is 0.109. The van der Waals surface area contributed by atoms with E-state index in [1.807, 2.05) is 24.3 Å². The Balaban J connectivity index is 1.84. The topological polar surface area (TPSA) is 108 Å². The Morgan fingerprint density at radius 1 is 1.15 bits per heavy atom. The number of carbonyl (C=O) groups is 2. The van der Waals surface area contributed by atoms with E-state index in [1.54, 1.807) is 0 Å². The fourth-order valence-electron chi connectivity index (χ4n) is 2.14. The maximum Gasteiger partial charge on any atom is 0.306 e. The van der Waals surface area contributed by atoms with E-state index >= 15 is 0 Å². The molecule has 1 amide bonds. The van der Waals surface area contributed by atoms with Gasteiger partial charge in [-0.1, -0.05) is 28.1 Å². The van der Waals surface area contributed by atoms with Crippen molar-refractivity contribution >= 4 is 39.2 Å². The molecule has 0 saturated carbocycles. The van der Waals surface area contributed by atoms with Gasteiger partial charge in [-0.2, -0.15) is 0 Å². The van der Waals surface area contributed by atoms with E-state index in [1.165, 1.54) is 25.3 Å². The van der Waals surface area contributed by atoms with Crippen molar-refractivity contribution in [3.05, 3.63) is 62.6 Å². The molecular weight excluding hydrogens is 420 g/mol. The van der Waals surface area contributed by atoms with Crippen molar-refractivity contribution in [3.8, 4) is 5.75 Å². The van der Waals surface area contributed by atoms with E-state index in [4.69, 9.17) is 9.47 Å². The summed E-state index contributed by atoms with van der Waals surface area (Å²) in [6, 6.07) is 11.4. The van der Waals surface area contributed by atoms with Crippen molar-refractivity contribution in [3.63, 3.8) is 0 Å². The molecule has 0 radical (unpaired) electrons. The van der Waals surface area contributed by atoms with Crippen LogP contribution >= 0.6 is 15.9 Å². The fraction of sp³-hybridized carbons (Fsp3) is 0.222. The summed E-state index contributed by atoms with van der Waals surface area (Å²) >= 11 is 3.31. The lowest BCUT2D eigenvalue weighted by Crippen LogP contribution is -2.15. The molecule has 142 valence electrons. The van der Waals surface area contributed by atoms with Gasteiger partial charge in [0, 0.05) is 10.9 Å². The van der Waals surface area contributed by atoms with E-state index in [-0.39, 0.29) is 30.8 Å². The van der Waals surface area contributed by atoms with Gasteiger partial charge in [-0.05, 0) is 29.8 Å². The van der Waals surface area contributed by atoms with Crippen LogP contribution in [0.2, 0.25) is 0 Å². The van der Waals surface area contributed by atoms with Crippen molar-refractivity contribution in [2.45, 2.75) is 19.4 Å². The molecule has 0 saturated heterocycles. The lowest BCUT2D eigenvalue weighted by molar-refractivity contribution is -0.384. The molecule has 0 aliphatic carbocycles. The molecule has 9 heteroatoms. The first-order valence-electron chi connectivity index (χ1n) is 7.91. The molecule has 2 aromatic carbocycles. The molecule has 0 aliphatic heterocycles. The van der Waals surface area contributed by atoms with Crippen molar-refractivity contribution in [1.29, 1.82) is 0 Å². The maximum absolute atomic E-state index is 12.0. The van der Waals surface area contributed by atoms with Crippen molar-refractivity contribution in [2.75, 3.05) is 12.4 Å². The number of ether oxygens (including phenoxy) is 2. The molecule has 0 atom stereocenters. The molecule has 0 bridgehead atoms. The van der Waals surface area contributed by atoms with Crippen LogP contribution in [-0.2, 0) is 20.9 Å². The van der Waals surface area contributed by atoms with Gasteiger partial charge in [-0.15, -0.1) is 0 Å². The molecule has 8 nitrogen and oxygen atoms in total. The second-order valence-corrected chi connectivity index (χ2v) is 6.39. The summed E-state index contributed by atoms with van der Waals surface area (Å²) in [5.74, 6) is -0.752. The monoisotopic (exact) mass is 436 g/mol. The van der Waals surface area contributed by atoms with Gasteiger partial charge < -0.3 is 14.8 Å². The highest BCUT2D eigenvalue weighted by Crippen LogP contribution is 2.29. The van der Waals surface area contributed by atoms with Crippen molar-refractivity contribution in [1.82, 2.24) is 0 Å². The summed E-state index contributed by atoms with van der Waals surface area (Å²) in [4.78, 5) is 34.2. The predicted molar refractivity (Wildman–Crippen MR) is 101 cm³/mol. The first-order valence-corrected chi connectivity index (χ1v) is 8.70. The smallest absolute Gasteiger partial charge is 0.306 e. The summed E-state index contributed by atoms with van der Waals surface area (Å²) in [5, 5.41) is 13.5. The second kappa shape index (κ2) is 9.67. The van der Waals surface area contributed by atoms with Crippen LogP contribution in [-0.4, -0.2) is 23.9 Å². The largest absolute Gasteiger partial charge is 0.496 e. The van der Waals surface area contributed by atoms with Crippen LogP contribution < -0.4 is 10.1 Å². The molecule has 2 aromatic rings. The zero-order valence-electron chi connectivity index (χ0n) is 14.4. The summed E-state index contributed by atoms with van der Waals surface area (Å²) in [5.41, 5.74) is 0.569. The third kappa shape index (κ3) is 6.37. The minimum Gasteiger partial charge on any atom is -0.496 e. The maximum atomic E-state index is 12.0. The lowest BCUT2D eigenvalue weighted by Gasteiger charge is -2.08. The molecule has 1 N–H and O–H groups in total. The van der Waals surface area contributed by atoms with Gasteiger partial charge in [0.05, 0.1) is 24.5 Å². The Bertz CT molecular complexity index is 838. The number of nitrogens with one attached hydrogen (secondary N) is 1. The summed E-state index contributed by atoms with van der Waals surface area (Å²) in [6.07, 6.45) is -0.283. The first-order chi connectivity index (χ1) is 12.9. The average Bonchev–Trinajstić information content (AvgIpc) is 2.66. The summed E-state index contributed by atoms with van der Waals surface area (Å²) < 4.78 is 11.0. The van der Waals surface area contributed by atoms with Gasteiger partial charge in [0.2, 0.25) is 5.91 Å². The van der Waals surface area contributed by atoms with Crippen LogP contribution in [0.15, 0.2) is 46.9 Å². The number of halogens is 1. The van der Waals surface area contributed by atoms with E-state index in [2.05, 4.69) is 21.2 Å². The van der Waals surface area contributed by atoms with Gasteiger partial charge in [-0.25, -0.2) is 0 Å². The van der Waals surface area contributed by atoms with Crippen molar-refractivity contribution in [2.24, 2.45) is 0 Å². The van der Waals surface area contributed by atoms with Crippen LogP contribution in [0.25, 0.3) is 0 Å². The Kier molecular flexibility index (Phi) is 7.30. The Hall–Kier alpha value is -2.94. The zero-order chi connectivity index (χ0) is 19.8. The van der Waals surface area contributed by atoms with Crippen LogP contribution in [0.1, 0.15) is 18.4 Å². The quantitative estimate of drug-likeness (QED) is 0.382. The van der Waals surface area contributed by atoms with E-state index in [0.717, 1.165) is 10.0 Å². The lowest BCUT2D eigenvalue weighted by atomic mass is 10.2. The second-order valence-electron chi connectivity index (χ2n) is 5.48. The molecule has 0 heterocycles. The number of nitrogens with zero attached hydrogens (tertiary/aromatic N) is 1. The third-order valence-corrected chi connectivity index (χ3v) is 4.07. The predicted octanol–water partition coefficient (Wildman–Crippen LogP) is 3.83. The number of amides is 1. The highest BCUT2D eigenvalue weighted by atomic mass is 79.9. The van der Waals surface area contributed by atoms with Crippen LogP contribution in [0.4, 0.5) is 11.4 Å². The number of esters is 1. The molecule has 0 unspecified atom stereocenters. The minimum absolute atomic E-state index is 0.0361. The number of nitro benzene ring substituents is 1. The highest BCUT2D eigenvalue weighted by molar-refractivity contribution is 9.10. The average molecular weight is 437 g/mol. The highest BCUT2D eigenvalue weighted by Gasteiger charge is 2.18. The number of benzene rings is 2. The number of anilines is 1. The standard InChI is InChI=1S/C18H17BrN2O6/c1-26-14-6-7-15(16(10-14)21(24)25)20-17(22)8-9-18(23)27-11-12-2-4-13(19)5-3-12/h2-7,10H,8-9,11H2,1H3,(H,20,22). The number of nitro groups is 1. The third-order valence-electron chi connectivity index (χ3n) is 3.54. The first kappa shape index (κ1) is 20.4. The Labute approximate surface area is 163 Å².